The summed E-state index contributed by atoms with van der Waals surface area (Å²) in [6.45, 7) is 1.41. The van der Waals surface area contributed by atoms with Crippen LogP contribution in [0.2, 0.25) is 5.02 Å². The fraction of sp³-hybridized carbons (Fsp3) is 0.182. The van der Waals surface area contributed by atoms with Gasteiger partial charge in [0.2, 0.25) is 0 Å². The molecule has 6 nitrogen and oxygen atoms in total. The molecule has 0 unspecified atom stereocenters. The molecule has 0 N–H and O–H groups in total. The van der Waals surface area contributed by atoms with E-state index in [9.17, 15) is 14.9 Å². The van der Waals surface area contributed by atoms with E-state index in [1.54, 1.807) is 42.6 Å². The number of hydrogen-bond donors (Lipinski definition) is 0. The Hall–Kier alpha value is -3.21. The molecule has 30 heavy (non-hydrogen) atoms. The second kappa shape index (κ2) is 10.0. The maximum absolute atomic E-state index is 12.5. The summed E-state index contributed by atoms with van der Waals surface area (Å²) < 4.78 is 10.9. The number of carbonyl (C=O) groups excluding carboxylic acids is 2. The highest BCUT2D eigenvalue weighted by Crippen LogP contribution is 2.24. The molecule has 0 amide bonds. The van der Waals surface area contributed by atoms with Gasteiger partial charge in [-0.1, -0.05) is 41.9 Å². The number of halogens is 1. The fourth-order valence-corrected chi connectivity index (χ4v) is 3.65. The van der Waals surface area contributed by atoms with E-state index >= 15 is 0 Å². The number of ether oxygens (including phenoxy) is 2. The van der Waals surface area contributed by atoms with E-state index in [1.807, 2.05) is 24.3 Å². The van der Waals surface area contributed by atoms with E-state index in [-0.39, 0.29) is 12.2 Å². The molecule has 3 rings (SSSR count). The quantitative estimate of drug-likeness (QED) is 0.471. The highest BCUT2D eigenvalue weighted by atomic mass is 35.5. The van der Waals surface area contributed by atoms with Crippen LogP contribution in [-0.2, 0) is 16.1 Å². The van der Waals surface area contributed by atoms with Gasteiger partial charge in [-0.3, -0.25) is 4.79 Å². The number of Topliss-reactive ketones (excluding diaryl/α,β-unsaturated/α-hetero) is 1. The van der Waals surface area contributed by atoms with Crippen LogP contribution < -0.4 is 4.74 Å². The number of nitrogens with zero attached hydrogens (tertiary/aromatic N) is 2. The molecule has 0 fully saturated rings. The van der Waals surface area contributed by atoms with E-state index in [0.717, 1.165) is 11.3 Å². The summed E-state index contributed by atoms with van der Waals surface area (Å²) in [5, 5.41) is 12.0. The molecule has 3 aromatic rings. The Kier molecular flexibility index (Phi) is 7.17. The van der Waals surface area contributed by atoms with Crippen LogP contribution in [0, 0.1) is 18.3 Å². The molecule has 1 atom stereocenters. The van der Waals surface area contributed by atoms with Crippen LogP contribution in [0.25, 0.3) is 0 Å². The lowest BCUT2D eigenvalue weighted by molar-refractivity contribution is -0.122. The van der Waals surface area contributed by atoms with Crippen molar-refractivity contribution in [1.82, 2.24) is 4.98 Å². The molecule has 1 heterocycles. The lowest BCUT2D eigenvalue weighted by Crippen LogP contribution is -2.20. The minimum Gasteiger partial charge on any atom is -0.488 e. The van der Waals surface area contributed by atoms with Crippen molar-refractivity contribution in [3.8, 4) is 11.8 Å². The molecule has 0 radical (unpaired) electrons. The monoisotopic (exact) mass is 440 g/mol. The van der Waals surface area contributed by atoms with Crippen molar-refractivity contribution < 1.29 is 19.1 Å². The van der Waals surface area contributed by atoms with Gasteiger partial charge >= 0.3 is 5.97 Å². The summed E-state index contributed by atoms with van der Waals surface area (Å²) in [6.07, 6.45) is 0. The van der Waals surface area contributed by atoms with Crippen LogP contribution in [-0.4, -0.2) is 23.3 Å². The summed E-state index contributed by atoms with van der Waals surface area (Å²) in [5.74, 6) is -2.01. The van der Waals surface area contributed by atoms with Gasteiger partial charge in [-0.05, 0) is 25.1 Å². The topological polar surface area (TPSA) is 89.3 Å². The van der Waals surface area contributed by atoms with Crippen LogP contribution in [0.4, 0.5) is 0 Å². The number of esters is 1. The number of para-hydroxylation sites is 1. The zero-order chi connectivity index (χ0) is 21.5. The molecule has 152 valence electrons. The first-order valence-electron chi connectivity index (χ1n) is 8.96. The van der Waals surface area contributed by atoms with Gasteiger partial charge in [0, 0.05) is 21.7 Å². The predicted octanol–water partition coefficient (Wildman–Crippen LogP) is 4.72. The Labute approximate surface area is 182 Å². The van der Waals surface area contributed by atoms with Crippen molar-refractivity contribution >= 4 is 34.7 Å². The van der Waals surface area contributed by atoms with E-state index < -0.39 is 24.3 Å². The average Bonchev–Trinajstić information content (AvgIpc) is 3.18. The Balaban J connectivity index is 1.65. The highest BCUT2D eigenvalue weighted by molar-refractivity contribution is 7.09. The highest BCUT2D eigenvalue weighted by Gasteiger charge is 2.25. The Morgan fingerprint density at radius 3 is 2.63 bits per heavy atom. The Morgan fingerprint density at radius 2 is 1.93 bits per heavy atom. The lowest BCUT2D eigenvalue weighted by atomic mass is 10.1. The molecule has 8 heteroatoms. The molecular weight excluding hydrogens is 424 g/mol. The van der Waals surface area contributed by atoms with Gasteiger partial charge in [0.25, 0.3) is 0 Å². The first-order valence-corrected chi connectivity index (χ1v) is 10.2. The van der Waals surface area contributed by atoms with Gasteiger partial charge in [-0.15, -0.1) is 11.3 Å². The summed E-state index contributed by atoms with van der Waals surface area (Å²) in [7, 11) is 0. The average molecular weight is 441 g/mol. The van der Waals surface area contributed by atoms with Crippen LogP contribution in [0.15, 0.2) is 53.9 Å². The number of carbonyl (C=O) groups is 2. The second-order valence-corrected chi connectivity index (χ2v) is 7.60. The van der Waals surface area contributed by atoms with Gasteiger partial charge in [0.05, 0.1) is 6.07 Å². The summed E-state index contributed by atoms with van der Waals surface area (Å²) in [5.41, 5.74) is 1.67. The normalized spacial score (nSPS) is 11.4. The van der Waals surface area contributed by atoms with Crippen LogP contribution in [0.3, 0.4) is 0 Å². The molecule has 0 bridgehead atoms. The molecule has 0 spiro atoms. The summed E-state index contributed by atoms with van der Waals surface area (Å²) in [6, 6.07) is 15.7. The number of thiazole rings is 1. The Bertz CT molecular complexity index is 1110. The SMILES string of the molecule is Cc1csc([C@H](C#N)C(=O)COC(=O)c2ccccc2OCc2ccccc2Cl)n1. The van der Waals surface area contributed by atoms with Gasteiger partial charge < -0.3 is 9.47 Å². The number of rotatable bonds is 8. The van der Waals surface area contributed by atoms with Gasteiger partial charge in [-0.2, -0.15) is 5.26 Å². The van der Waals surface area contributed by atoms with Crippen molar-refractivity contribution in [3.63, 3.8) is 0 Å². The zero-order valence-electron chi connectivity index (χ0n) is 16.0. The number of nitriles is 1. The first-order chi connectivity index (χ1) is 14.5. The molecule has 0 aliphatic rings. The number of benzene rings is 2. The molecule has 0 saturated carbocycles. The number of aromatic nitrogens is 1. The maximum atomic E-state index is 12.5. The van der Waals surface area contributed by atoms with Gasteiger partial charge in [0.1, 0.15) is 22.9 Å². The van der Waals surface area contributed by atoms with Gasteiger partial charge in [-0.25, -0.2) is 9.78 Å². The molecule has 0 saturated heterocycles. The number of hydrogen-bond acceptors (Lipinski definition) is 7. The largest absolute Gasteiger partial charge is 0.488 e. The number of ketones is 1. The fourth-order valence-electron chi connectivity index (χ4n) is 2.60. The van der Waals surface area contributed by atoms with Crippen LogP contribution in [0.1, 0.15) is 32.5 Å². The molecule has 1 aromatic heterocycles. The zero-order valence-corrected chi connectivity index (χ0v) is 17.6. The third-order valence-electron chi connectivity index (χ3n) is 4.13. The summed E-state index contributed by atoms with van der Waals surface area (Å²) >= 11 is 7.36. The number of aryl methyl sites for hydroxylation is 1. The van der Waals surface area contributed by atoms with E-state index in [1.165, 1.54) is 11.3 Å². The van der Waals surface area contributed by atoms with E-state index in [4.69, 9.17) is 21.1 Å². The molecule has 0 aliphatic heterocycles. The van der Waals surface area contributed by atoms with Crippen molar-refractivity contribution in [1.29, 1.82) is 5.26 Å². The smallest absolute Gasteiger partial charge is 0.342 e. The van der Waals surface area contributed by atoms with Crippen molar-refractivity contribution in [3.05, 3.63) is 80.8 Å². The molecular formula is C22H17ClN2O4S. The van der Waals surface area contributed by atoms with E-state index in [0.29, 0.717) is 15.8 Å². The predicted molar refractivity (Wildman–Crippen MR) is 113 cm³/mol. The Morgan fingerprint density at radius 1 is 1.20 bits per heavy atom. The van der Waals surface area contributed by atoms with Crippen molar-refractivity contribution in [2.24, 2.45) is 0 Å². The third kappa shape index (κ3) is 5.23. The van der Waals surface area contributed by atoms with Crippen molar-refractivity contribution in [2.45, 2.75) is 19.4 Å². The van der Waals surface area contributed by atoms with Crippen molar-refractivity contribution in [2.75, 3.05) is 6.61 Å². The van der Waals surface area contributed by atoms with Crippen LogP contribution in [0.5, 0.6) is 5.75 Å². The minimum absolute atomic E-state index is 0.169. The van der Waals surface area contributed by atoms with E-state index in [2.05, 4.69) is 4.98 Å². The standard InChI is InChI=1S/C22H17ClN2O4S/c1-14-13-30-21(25-14)17(10-24)19(26)12-29-22(27)16-7-3-5-9-20(16)28-11-15-6-2-4-8-18(15)23/h2-9,13,17H,11-12H2,1H3/t17-/m1/s1. The molecule has 0 aliphatic carbocycles. The molecule has 2 aromatic carbocycles. The minimum atomic E-state index is -1.07. The maximum Gasteiger partial charge on any atom is 0.342 e. The second-order valence-electron chi connectivity index (χ2n) is 6.31. The summed E-state index contributed by atoms with van der Waals surface area (Å²) in [4.78, 5) is 29.1. The van der Waals surface area contributed by atoms with Gasteiger partial charge in [0.15, 0.2) is 18.3 Å². The van der Waals surface area contributed by atoms with Crippen LogP contribution >= 0.6 is 22.9 Å². The first kappa shape index (κ1) is 21.5. The lowest BCUT2D eigenvalue weighted by Gasteiger charge is -2.12. The third-order valence-corrected chi connectivity index (χ3v) is 5.52.